The summed E-state index contributed by atoms with van der Waals surface area (Å²) in [7, 11) is 4.01. The van der Waals surface area contributed by atoms with Gasteiger partial charge in [-0.05, 0) is 45.8 Å². The van der Waals surface area contributed by atoms with E-state index in [1.54, 1.807) is 7.11 Å². The van der Waals surface area contributed by atoms with Crippen LogP contribution < -0.4 is 5.32 Å². The highest BCUT2D eigenvalue weighted by atomic mass is 16.5. The molecule has 0 spiro atoms. The Morgan fingerprint density at radius 2 is 2.07 bits per heavy atom. The zero-order valence-corrected chi connectivity index (χ0v) is 10.3. The van der Waals surface area contributed by atoms with Crippen LogP contribution in [0, 0.1) is 0 Å². The van der Waals surface area contributed by atoms with Crippen LogP contribution in [0.2, 0.25) is 0 Å². The third-order valence-electron chi connectivity index (χ3n) is 3.30. The minimum absolute atomic E-state index is 0.821. The fraction of sp³-hybridized carbons (Fsp3) is 1.00. The van der Waals surface area contributed by atoms with E-state index in [9.17, 15) is 0 Å². The molecule has 0 atom stereocenters. The molecule has 15 heavy (non-hydrogen) atoms. The average molecular weight is 214 g/mol. The summed E-state index contributed by atoms with van der Waals surface area (Å²) in [5.41, 5.74) is 0. The van der Waals surface area contributed by atoms with Gasteiger partial charge in [-0.25, -0.2) is 0 Å². The second-order valence-electron chi connectivity index (χ2n) is 4.52. The fourth-order valence-corrected chi connectivity index (χ4v) is 1.92. The van der Waals surface area contributed by atoms with E-state index in [2.05, 4.69) is 17.3 Å². The second kappa shape index (κ2) is 8.08. The standard InChI is InChI=1S/C12H26N2O/c1-14(12-6-5-7-12)10-4-3-8-13-9-11-15-2/h12-13H,3-11H2,1-2H3. The Morgan fingerprint density at radius 1 is 1.27 bits per heavy atom. The smallest absolute Gasteiger partial charge is 0.0587 e. The largest absolute Gasteiger partial charge is 0.383 e. The van der Waals surface area contributed by atoms with Crippen LogP contribution in [0.4, 0.5) is 0 Å². The number of rotatable bonds is 9. The lowest BCUT2D eigenvalue weighted by Gasteiger charge is -2.34. The van der Waals surface area contributed by atoms with Crippen LogP contribution >= 0.6 is 0 Å². The Kier molecular flexibility index (Phi) is 6.98. The Bertz CT molecular complexity index is 149. The van der Waals surface area contributed by atoms with Gasteiger partial charge < -0.3 is 15.0 Å². The highest BCUT2D eigenvalue weighted by Crippen LogP contribution is 2.23. The Hall–Kier alpha value is -0.120. The van der Waals surface area contributed by atoms with Gasteiger partial charge in [0.25, 0.3) is 0 Å². The minimum atomic E-state index is 0.821. The Morgan fingerprint density at radius 3 is 2.67 bits per heavy atom. The van der Waals surface area contributed by atoms with E-state index in [0.29, 0.717) is 0 Å². The SMILES string of the molecule is COCCNCCCCN(C)C1CCC1. The lowest BCUT2D eigenvalue weighted by atomic mass is 9.92. The van der Waals surface area contributed by atoms with Crippen molar-refractivity contribution in [2.75, 3.05) is 40.4 Å². The maximum atomic E-state index is 4.97. The molecule has 3 heteroatoms. The van der Waals surface area contributed by atoms with E-state index in [1.165, 1.54) is 38.6 Å². The zero-order valence-electron chi connectivity index (χ0n) is 10.3. The Balaban J connectivity index is 1.79. The van der Waals surface area contributed by atoms with E-state index in [1.807, 2.05) is 0 Å². The first-order valence-electron chi connectivity index (χ1n) is 6.24. The molecule has 0 aliphatic heterocycles. The normalized spacial score (nSPS) is 17.0. The third-order valence-corrected chi connectivity index (χ3v) is 3.30. The topological polar surface area (TPSA) is 24.5 Å². The van der Waals surface area contributed by atoms with Crippen molar-refractivity contribution in [1.29, 1.82) is 0 Å². The summed E-state index contributed by atoms with van der Waals surface area (Å²) in [6.07, 6.45) is 6.87. The van der Waals surface area contributed by atoms with Crippen molar-refractivity contribution in [2.45, 2.75) is 38.1 Å². The molecule has 0 aromatic carbocycles. The highest BCUT2D eigenvalue weighted by Gasteiger charge is 2.20. The molecule has 3 nitrogen and oxygen atoms in total. The van der Waals surface area contributed by atoms with Gasteiger partial charge in [0.05, 0.1) is 6.61 Å². The van der Waals surface area contributed by atoms with Gasteiger partial charge in [0.15, 0.2) is 0 Å². The lowest BCUT2D eigenvalue weighted by Crippen LogP contribution is -2.37. The molecule has 1 fully saturated rings. The van der Waals surface area contributed by atoms with Gasteiger partial charge in [-0.1, -0.05) is 6.42 Å². The summed E-state index contributed by atoms with van der Waals surface area (Å²) in [5, 5.41) is 3.37. The van der Waals surface area contributed by atoms with Gasteiger partial charge in [-0.3, -0.25) is 0 Å². The number of ether oxygens (including phenoxy) is 1. The van der Waals surface area contributed by atoms with Crippen LogP contribution in [0.5, 0.6) is 0 Å². The number of nitrogens with one attached hydrogen (secondary N) is 1. The molecule has 0 unspecified atom stereocenters. The molecule has 1 aliphatic carbocycles. The summed E-state index contributed by atoms with van der Waals surface area (Å²) < 4.78 is 4.97. The molecule has 0 aromatic rings. The molecule has 0 bridgehead atoms. The highest BCUT2D eigenvalue weighted by molar-refractivity contribution is 4.77. The molecule has 1 N–H and O–H groups in total. The molecule has 0 amide bonds. The summed E-state index contributed by atoms with van der Waals surface area (Å²) in [6.45, 7) is 4.19. The van der Waals surface area contributed by atoms with E-state index >= 15 is 0 Å². The van der Waals surface area contributed by atoms with E-state index in [4.69, 9.17) is 4.74 Å². The maximum absolute atomic E-state index is 4.97. The van der Waals surface area contributed by atoms with Crippen molar-refractivity contribution >= 4 is 0 Å². The maximum Gasteiger partial charge on any atom is 0.0587 e. The van der Waals surface area contributed by atoms with E-state index < -0.39 is 0 Å². The molecule has 90 valence electrons. The number of methoxy groups -OCH3 is 1. The van der Waals surface area contributed by atoms with E-state index in [-0.39, 0.29) is 0 Å². The quantitative estimate of drug-likeness (QED) is 0.589. The molecule has 0 radical (unpaired) electrons. The van der Waals surface area contributed by atoms with Gasteiger partial charge in [-0.2, -0.15) is 0 Å². The van der Waals surface area contributed by atoms with Crippen LogP contribution in [0.1, 0.15) is 32.1 Å². The predicted octanol–water partition coefficient (Wildman–Crippen LogP) is 1.49. The zero-order chi connectivity index (χ0) is 10.9. The van der Waals surface area contributed by atoms with Gasteiger partial charge in [0, 0.05) is 19.7 Å². The van der Waals surface area contributed by atoms with Gasteiger partial charge >= 0.3 is 0 Å². The van der Waals surface area contributed by atoms with Crippen molar-refractivity contribution in [2.24, 2.45) is 0 Å². The molecule has 1 aliphatic rings. The van der Waals surface area contributed by atoms with Crippen LogP contribution in [-0.2, 0) is 4.74 Å². The number of hydrogen-bond donors (Lipinski definition) is 1. The van der Waals surface area contributed by atoms with Crippen LogP contribution in [0.25, 0.3) is 0 Å². The van der Waals surface area contributed by atoms with Crippen molar-refractivity contribution in [3.05, 3.63) is 0 Å². The minimum Gasteiger partial charge on any atom is -0.383 e. The monoisotopic (exact) mass is 214 g/mol. The van der Waals surface area contributed by atoms with Gasteiger partial charge in [-0.15, -0.1) is 0 Å². The molecule has 0 saturated heterocycles. The molecule has 0 heterocycles. The summed E-state index contributed by atoms with van der Waals surface area (Å²) in [5.74, 6) is 0. The van der Waals surface area contributed by atoms with Gasteiger partial charge in [0.2, 0.25) is 0 Å². The predicted molar refractivity (Wildman–Crippen MR) is 64.2 cm³/mol. The van der Waals surface area contributed by atoms with Crippen LogP contribution in [0.15, 0.2) is 0 Å². The fourth-order valence-electron chi connectivity index (χ4n) is 1.92. The average Bonchev–Trinajstić information content (AvgIpc) is 2.14. The first-order chi connectivity index (χ1) is 7.34. The molecule has 1 saturated carbocycles. The third kappa shape index (κ3) is 5.50. The summed E-state index contributed by atoms with van der Waals surface area (Å²) >= 11 is 0. The summed E-state index contributed by atoms with van der Waals surface area (Å²) in [6, 6.07) is 0.895. The first kappa shape index (κ1) is 12.9. The molecule has 1 rings (SSSR count). The number of unbranched alkanes of at least 4 members (excludes halogenated alkanes) is 1. The van der Waals surface area contributed by atoms with Crippen molar-refractivity contribution < 1.29 is 4.74 Å². The van der Waals surface area contributed by atoms with Gasteiger partial charge in [0.1, 0.15) is 0 Å². The first-order valence-corrected chi connectivity index (χ1v) is 6.24. The van der Waals surface area contributed by atoms with Crippen molar-refractivity contribution in [1.82, 2.24) is 10.2 Å². The molecule has 0 aromatic heterocycles. The van der Waals surface area contributed by atoms with E-state index in [0.717, 1.165) is 25.7 Å². The van der Waals surface area contributed by atoms with Crippen molar-refractivity contribution in [3.63, 3.8) is 0 Å². The Labute approximate surface area is 94.2 Å². The summed E-state index contributed by atoms with van der Waals surface area (Å²) in [4.78, 5) is 2.53. The van der Waals surface area contributed by atoms with Crippen molar-refractivity contribution in [3.8, 4) is 0 Å². The lowest BCUT2D eigenvalue weighted by molar-refractivity contribution is 0.157. The van der Waals surface area contributed by atoms with Crippen LogP contribution in [0.3, 0.4) is 0 Å². The second-order valence-corrected chi connectivity index (χ2v) is 4.52. The number of nitrogens with zero attached hydrogens (tertiary/aromatic N) is 1. The van der Waals surface area contributed by atoms with Crippen LogP contribution in [-0.4, -0.2) is 51.3 Å². The molecular formula is C12H26N2O. The number of hydrogen-bond acceptors (Lipinski definition) is 3. The molecular weight excluding hydrogens is 188 g/mol.